The van der Waals surface area contributed by atoms with E-state index < -0.39 is 17.6 Å². The summed E-state index contributed by atoms with van der Waals surface area (Å²) in [4.78, 5) is 41.9. The van der Waals surface area contributed by atoms with Gasteiger partial charge >= 0.3 is 6.09 Å². The number of pyridine rings is 1. The topological polar surface area (TPSA) is 115 Å². The predicted octanol–water partition coefficient (Wildman–Crippen LogP) is 2.53. The number of aromatic nitrogens is 1. The van der Waals surface area contributed by atoms with E-state index in [1.54, 1.807) is 56.1 Å². The second-order valence-electron chi connectivity index (χ2n) is 7.90. The van der Waals surface area contributed by atoms with Gasteiger partial charge in [-0.2, -0.15) is 0 Å². The van der Waals surface area contributed by atoms with E-state index in [1.165, 1.54) is 0 Å². The SMILES string of the molecule is CC(C)(C)OC(=O)N1CCC(C(=O)Nc2cc3cc(C(N)=O)ccc3cn2)C1. The molecular weight excluding hydrogens is 360 g/mol. The number of likely N-dealkylation sites (tertiary alicyclic amines) is 1. The Balaban J connectivity index is 1.66. The number of rotatable bonds is 3. The number of anilines is 1. The molecule has 1 aliphatic rings. The highest BCUT2D eigenvalue weighted by Crippen LogP contribution is 2.22. The molecule has 1 fully saturated rings. The van der Waals surface area contributed by atoms with Crippen molar-refractivity contribution in [2.45, 2.75) is 32.8 Å². The highest BCUT2D eigenvalue weighted by molar-refractivity contribution is 5.99. The molecule has 28 heavy (non-hydrogen) atoms. The number of carbonyl (C=O) groups is 3. The molecule has 3 rings (SSSR count). The van der Waals surface area contributed by atoms with Crippen LogP contribution in [0.25, 0.3) is 10.8 Å². The molecule has 8 nitrogen and oxygen atoms in total. The zero-order valence-corrected chi connectivity index (χ0v) is 16.2. The number of nitrogens with two attached hydrogens (primary N) is 1. The van der Waals surface area contributed by atoms with E-state index in [2.05, 4.69) is 10.3 Å². The first-order valence-corrected chi connectivity index (χ1v) is 9.11. The van der Waals surface area contributed by atoms with E-state index in [0.29, 0.717) is 30.9 Å². The number of nitrogens with one attached hydrogen (secondary N) is 1. The molecule has 0 saturated carbocycles. The zero-order valence-electron chi connectivity index (χ0n) is 16.2. The fraction of sp³-hybridized carbons (Fsp3) is 0.400. The summed E-state index contributed by atoms with van der Waals surface area (Å²) in [7, 11) is 0. The van der Waals surface area contributed by atoms with Crippen molar-refractivity contribution in [3.63, 3.8) is 0 Å². The van der Waals surface area contributed by atoms with Gasteiger partial charge in [-0.25, -0.2) is 9.78 Å². The molecule has 1 saturated heterocycles. The lowest BCUT2D eigenvalue weighted by Gasteiger charge is -2.24. The van der Waals surface area contributed by atoms with Crippen LogP contribution in [-0.2, 0) is 9.53 Å². The molecule has 3 amide bonds. The number of fused-ring (bicyclic) bond motifs is 1. The molecule has 1 aromatic heterocycles. The van der Waals surface area contributed by atoms with Crippen molar-refractivity contribution in [1.82, 2.24) is 9.88 Å². The molecule has 0 aliphatic carbocycles. The van der Waals surface area contributed by atoms with E-state index in [-0.39, 0.29) is 11.8 Å². The molecule has 0 spiro atoms. The lowest BCUT2D eigenvalue weighted by molar-refractivity contribution is -0.119. The molecule has 0 radical (unpaired) electrons. The lowest BCUT2D eigenvalue weighted by Crippen LogP contribution is -2.36. The van der Waals surface area contributed by atoms with E-state index in [0.717, 1.165) is 10.8 Å². The van der Waals surface area contributed by atoms with Crippen molar-refractivity contribution in [3.8, 4) is 0 Å². The fourth-order valence-corrected chi connectivity index (χ4v) is 3.06. The monoisotopic (exact) mass is 384 g/mol. The van der Waals surface area contributed by atoms with Crippen LogP contribution in [-0.4, -0.2) is 46.5 Å². The van der Waals surface area contributed by atoms with Gasteiger partial charge < -0.3 is 20.7 Å². The lowest BCUT2D eigenvalue weighted by atomic mass is 10.1. The van der Waals surface area contributed by atoms with Crippen molar-refractivity contribution in [2.24, 2.45) is 11.7 Å². The molecule has 1 unspecified atom stereocenters. The molecule has 1 atom stereocenters. The molecule has 1 aromatic carbocycles. The van der Waals surface area contributed by atoms with Gasteiger partial charge in [0, 0.05) is 30.2 Å². The van der Waals surface area contributed by atoms with Crippen LogP contribution in [0.3, 0.4) is 0 Å². The molecule has 2 heterocycles. The van der Waals surface area contributed by atoms with Crippen molar-refractivity contribution in [1.29, 1.82) is 0 Å². The van der Waals surface area contributed by atoms with E-state index in [1.807, 2.05) is 0 Å². The van der Waals surface area contributed by atoms with Gasteiger partial charge in [-0.1, -0.05) is 6.07 Å². The summed E-state index contributed by atoms with van der Waals surface area (Å²) >= 11 is 0. The maximum absolute atomic E-state index is 12.6. The highest BCUT2D eigenvalue weighted by Gasteiger charge is 2.33. The highest BCUT2D eigenvalue weighted by atomic mass is 16.6. The normalized spacial score (nSPS) is 16.8. The summed E-state index contributed by atoms with van der Waals surface area (Å²) in [6.07, 6.45) is 1.77. The van der Waals surface area contributed by atoms with Gasteiger partial charge in [0.2, 0.25) is 11.8 Å². The first-order valence-electron chi connectivity index (χ1n) is 9.11. The van der Waals surface area contributed by atoms with Crippen molar-refractivity contribution in [2.75, 3.05) is 18.4 Å². The van der Waals surface area contributed by atoms with Gasteiger partial charge in [0.25, 0.3) is 0 Å². The van der Waals surface area contributed by atoms with Crippen LogP contribution in [0.5, 0.6) is 0 Å². The van der Waals surface area contributed by atoms with Crippen LogP contribution in [0.1, 0.15) is 37.6 Å². The summed E-state index contributed by atoms with van der Waals surface area (Å²) in [5.74, 6) is -0.668. The number of hydrogen-bond donors (Lipinski definition) is 2. The maximum atomic E-state index is 12.6. The third kappa shape index (κ3) is 4.57. The number of carbonyl (C=O) groups excluding carboxylic acids is 3. The van der Waals surface area contributed by atoms with Crippen molar-refractivity contribution < 1.29 is 19.1 Å². The molecular formula is C20H24N4O4. The fourth-order valence-electron chi connectivity index (χ4n) is 3.06. The quantitative estimate of drug-likeness (QED) is 0.844. The van der Waals surface area contributed by atoms with E-state index in [4.69, 9.17) is 10.5 Å². The Morgan fingerprint density at radius 3 is 2.64 bits per heavy atom. The molecule has 148 valence electrons. The molecule has 8 heteroatoms. The average molecular weight is 384 g/mol. The average Bonchev–Trinajstić information content (AvgIpc) is 3.10. The number of nitrogens with zero attached hydrogens (tertiary/aromatic N) is 2. The first kappa shape index (κ1) is 19.6. The number of primary amides is 1. The minimum absolute atomic E-state index is 0.205. The Kier molecular flexibility index (Phi) is 5.22. The third-order valence-corrected chi connectivity index (χ3v) is 4.47. The minimum atomic E-state index is -0.573. The van der Waals surface area contributed by atoms with Gasteiger partial charge in [-0.05, 0) is 50.8 Å². The summed E-state index contributed by atoms with van der Waals surface area (Å²) in [6, 6.07) is 6.74. The van der Waals surface area contributed by atoms with Crippen LogP contribution in [0.15, 0.2) is 30.5 Å². The molecule has 2 aromatic rings. The summed E-state index contributed by atoms with van der Waals surface area (Å²) in [6.45, 7) is 6.20. The number of benzene rings is 1. The third-order valence-electron chi connectivity index (χ3n) is 4.47. The van der Waals surface area contributed by atoms with Gasteiger partial charge in [-0.3, -0.25) is 9.59 Å². The standard InChI is InChI=1S/C20H24N4O4/c1-20(2,3)28-19(27)24-7-6-14(11-24)18(26)23-16-9-15-8-12(17(21)25)4-5-13(15)10-22-16/h4-5,8-10,14H,6-7,11H2,1-3H3,(H2,21,25)(H,22,23,26). The van der Waals surface area contributed by atoms with E-state index in [9.17, 15) is 14.4 Å². The molecule has 3 N–H and O–H groups in total. The maximum Gasteiger partial charge on any atom is 0.410 e. The van der Waals surface area contributed by atoms with Crippen molar-refractivity contribution in [3.05, 3.63) is 36.0 Å². The van der Waals surface area contributed by atoms with Crippen LogP contribution < -0.4 is 11.1 Å². The number of amides is 3. The largest absolute Gasteiger partial charge is 0.444 e. The van der Waals surface area contributed by atoms with E-state index >= 15 is 0 Å². The second kappa shape index (κ2) is 7.46. The van der Waals surface area contributed by atoms with Crippen LogP contribution in [0, 0.1) is 5.92 Å². The van der Waals surface area contributed by atoms with Gasteiger partial charge in [0.15, 0.2) is 0 Å². The van der Waals surface area contributed by atoms with Crippen LogP contribution in [0.4, 0.5) is 10.6 Å². The predicted molar refractivity (Wildman–Crippen MR) is 105 cm³/mol. The molecule has 0 bridgehead atoms. The number of ether oxygens (including phenoxy) is 1. The molecule has 1 aliphatic heterocycles. The Morgan fingerprint density at radius 1 is 1.21 bits per heavy atom. The minimum Gasteiger partial charge on any atom is -0.444 e. The Morgan fingerprint density at radius 2 is 1.96 bits per heavy atom. The van der Waals surface area contributed by atoms with Crippen LogP contribution in [0.2, 0.25) is 0 Å². The first-order chi connectivity index (χ1) is 13.1. The Bertz CT molecular complexity index is 935. The van der Waals surface area contributed by atoms with Crippen LogP contribution >= 0.6 is 0 Å². The zero-order chi connectivity index (χ0) is 20.5. The summed E-state index contributed by atoms with van der Waals surface area (Å²) in [5, 5.41) is 4.37. The smallest absolute Gasteiger partial charge is 0.410 e. The summed E-state index contributed by atoms with van der Waals surface area (Å²) < 4.78 is 5.35. The van der Waals surface area contributed by atoms with Gasteiger partial charge in [0.1, 0.15) is 11.4 Å². The second-order valence-corrected chi connectivity index (χ2v) is 7.90. The van der Waals surface area contributed by atoms with Gasteiger partial charge in [0.05, 0.1) is 5.92 Å². The van der Waals surface area contributed by atoms with Crippen molar-refractivity contribution >= 4 is 34.5 Å². The Labute approximate surface area is 163 Å². The number of hydrogen-bond acceptors (Lipinski definition) is 5. The van der Waals surface area contributed by atoms with Gasteiger partial charge in [-0.15, -0.1) is 0 Å². The summed E-state index contributed by atoms with van der Waals surface area (Å²) in [5.41, 5.74) is 5.13. The Hall–Kier alpha value is -3.16.